The molecule has 3 aliphatic rings. The van der Waals surface area contributed by atoms with Gasteiger partial charge in [-0.15, -0.1) is 0 Å². The van der Waals surface area contributed by atoms with E-state index < -0.39 is 10.2 Å². The Morgan fingerprint density at radius 3 is 2.33 bits per heavy atom. The first-order valence-corrected chi connectivity index (χ1v) is 13.7. The van der Waals surface area contributed by atoms with Gasteiger partial charge < -0.3 is 14.7 Å². The third-order valence-electron chi connectivity index (χ3n) is 7.36. The molecule has 10 heteroatoms. The van der Waals surface area contributed by atoms with Gasteiger partial charge in [0.15, 0.2) is 0 Å². The molecule has 1 amide bonds. The molecule has 1 aliphatic carbocycles. The van der Waals surface area contributed by atoms with Gasteiger partial charge in [0.1, 0.15) is 5.82 Å². The molecule has 3 fully saturated rings. The summed E-state index contributed by atoms with van der Waals surface area (Å²) >= 11 is 0. The van der Waals surface area contributed by atoms with Crippen LogP contribution >= 0.6 is 0 Å². The third-order valence-corrected chi connectivity index (χ3v) is 9.40. The Balaban J connectivity index is 1.18. The summed E-state index contributed by atoms with van der Waals surface area (Å²) in [6.45, 7) is 6.07. The van der Waals surface area contributed by atoms with Crippen LogP contribution in [0.5, 0.6) is 0 Å². The minimum atomic E-state index is -3.41. The number of anilines is 1. The van der Waals surface area contributed by atoms with Crippen molar-refractivity contribution in [2.75, 3.05) is 70.9 Å². The average molecular weight is 479 g/mol. The van der Waals surface area contributed by atoms with Crippen LogP contribution in [0.4, 0.5) is 5.82 Å². The molecule has 3 heterocycles. The molecule has 9 nitrogen and oxygen atoms in total. The summed E-state index contributed by atoms with van der Waals surface area (Å²) < 4.78 is 29.3. The van der Waals surface area contributed by atoms with Crippen LogP contribution in [0, 0.1) is 0 Å². The SMILES string of the molecule is CN(C1CCCCC1)S(=O)(=O)N1CCN(CCC(=O)N2CCN(c3ccccn3)CC2)CC1. The van der Waals surface area contributed by atoms with Crippen LogP contribution in [0.15, 0.2) is 24.4 Å². The number of rotatable bonds is 7. The van der Waals surface area contributed by atoms with Gasteiger partial charge in [-0.05, 0) is 25.0 Å². The Morgan fingerprint density at radius 2 is 1.70 bits per heavy atom. The zero-order chi connectivity index (χ0) is 23.3. The van der Waals surface area contributed by atoms with Crippen LogP contribution in [0.2, 0.25) is 0 Å². The van der Waals surface area contributed by atoms with Crippen molar-refractivity contribution in [1.82, 2.24) is 23.4 Å². The zero-order valence-electron chi connectivity index (χ0n) is 19.8. The van der Waals surface area contributed by atoms with Gasteiger partial charge in [-0.1, -0.05) is 25.3 Å². The molecule has 0 N–H and O–H groups in total. The minimum absolute atomic E-state index is 0.137. The fourth-order valence-corrected chi connectivity index (χ4v) is 6.71. The van der Waals surface area contributed by atoms with Crippen LogP contribution in [0.1, 0.15) is 38.5 Å². The number of aromatic nitrogens is 1. The quantitative estimate of drug-likeness (QED) is 0.587. The Hall–Kier alpha value is -1.75. The van der Waals surface area contributed by atoms with E-state index >= 15 is 0 Å². The summed E-state index contributed by atoms with van der Waals surface area (Å²) in [7, 11) is -1.67. The Labute approximate surface area is 198 Å². The van der Waals surface area contributed by atoms with Crippen LogP contribution in [0.25, 0.3) is 0 Å². The molecular formula is C23H38N6O3S. The topological polar surface area (TPSA) is 80.3 Å². The summed E-state index contributed by atoms with van der Waals surface area (Å²) in [5.74, 6) is 1.15. The zero-order valence-corrected chi connectivity index (χ0v) is 20.6. The van der Waals surface area contributed by atoms with Crippen molar-refractivity contribution in [3.8, 4) is 0 Å². The smallest absolute Gasteiger partial charge is 0.282 e. The second-order valence-corrected chi connectivity index (χ2v) is 11.4. The predicted molar refractivity (Wildman–Crippen MR) is 129 cm³/mol. The van der Waals surface area contributed by atoms with E-state index in [4.69, 9.17) is 0 Å². The van der Waals surface area contributed by atoms with E-state index in [0.29, 0.717) is 39.1 Å². The fourth-order valence-electron chi connectivity index (χ4n) is 5.14. The molecule has 0 bridgehead atoms. The molecule has 1 aromatic heterocycles. The van der Waals surface area contributed by atoms with Crippen molar-refractivity contribution < 1.29 is 13.2 Å². The lowest BCUT2D eigenvalue weighted by atomic mass is 9.96. The molecule has 0 radical (unpaired) electrons. The molecule has 1 saturated carbocycles. The van der Waals surface area contributed by atoms with E-state index in [1.807, 2.05) is 23.1 Å². The highest BCUT2D eigenvalue weighted by atomic mass is 32.2. The first kappa shape index (κ1) is 24.4. The Kier molecular flexibility index (Phi) is 8.21. The standard InChI is InChI=1S/C23H38N6O3S/c1-25(21-7-3-2-4-8-21)33(31,32)29-19-13-26(14-20-29)12-10-23(30)28-17-15-27(16-18-28)22-9-5-6-11-24-22/h5-6,9,11,21H,2-4,7-8,10,12-20H2,1H3. The monoisotopic (exact) mass is 478 g/mol. The summed E-state index contributed by atoms with van der Waals surface area (Å²) in [4.78, 5) is 23.5. The molecule has 0 atom stereocenters. The van der Waals surface area contributed by atoms with Crippen LogP contribution < -0.4 is 4.90 Å². The van der Waals surface area contributed by atoms with Crippen LogP contribution in [0.3, 0.4) is 0 Å². The van der Waals surface area contributed by atoms with Gasteiger partial charge in [0.05, 0.1) is 0 Å². The average Bonchev–Trinajstić information content (AvgIpc) is 2.88. The lowest BCUT2D eigenvalue weighted by Crippen LogP contribution is -2.54. The third kappa shape index (κ3) is 6.03. The fraction of sp³-hybridized carbons (Fsp3) is 0.739. The predicted octanol–water partition coefficient (Wildman–Crippen LogP) is 1.25. The summed E-state index contributed by atoms with van der Waals surface area (Å²) in [5.41, 5.74) is 0. The van der Waals surface area contributed by atoms with E-state index in [-0.39, 0.29) is 11.9 Å². The van der Waals surface area contributed by atoms with Gasteiger partial charge in [0.25, 0.3) is 10.2 Å². The molecule has 2 aliphatic heterocycles. The highest BCUT2D eigenvalue weighted by molar-refractivity contribution is 7.86. The number of amides is 1. The van der Waals surface area contributed by atoms with Crippen molar-refractivity contribution in [2.45, 2.75) is 44.6 Å². The maximum Gasteiger partial charge on any atom is 0.282 e. The van der Waals surface area contributed by atoms with Crippen molar-refractivity contribution in [3.63, 3.8) is 0 Å². The van der Waals surface area contributed by atoms with E-state index in [2.05, 4.69) is 14.8 Å². The number of hydrogen-bond donors (Lipinski definition) is 0. The van der Waals surface area contributed by atoms with Gasteiger partial charge in [-0.2, -0.15) is 17.0 Å². The Morgan fingerprint density at radius 1 is 1.00 bits per heavy atom. The van der Waals surface area contributed by atoms with Crippen molar-refractivity contribution in [3.05, 3.63) is 24.4 Å². The maximum absolute atomic E-state index is 13.1. The van der Waals surface area contributed by atoms with Gasteiger partial charge in [-0.3, -0.25) is 4.79 Å². The second kappa shape index (κ2) is 11.1. The number of piperazine rings is 2. The van der Waals surface area contributed by atoms with Gasteiger partial charge in [0.2, 0.25) is 5.91 Å². The van der Waals surface area contributed by atoms with Crippen molar-refractivity contribution in [2.24, 2.45) is 0 Å². The maximum atomic E-state index is 13.1. The van der Waals surface area contributed by atoms with E-state index in [0.717, 1.165) is 57.7 Å². The highest BCUT2D eigenvalue weighted by Gasteiger charge is 2.34. The molecular weight excluding hydrogens is 440 g/mol. The van der Waals surface area contributed by atoms with Crippen LogP contribution in [-0.2, 0) is 15.0 Å². The molecule has 0 spiro atoms. The first-order valence-electron chi connectivity index (χ1n) is 12.3. The molecule has 0 unspecified atom stereocenters. The summed E-state index contributed by atoms with van der Waals surface area (Å²) in [6, 6.07) is 6.04. The lowest BCUT2D eigenvalue weighted by molar-refractivity contribution is -0.131. The van der Waals surface area contributed by atoms with Gasteiger partial charge in [-0.25, -0.2) is 4.98 Å². The van der Waals surface area contributed by atoms with Crippen molar-refractivity contribution in [1.29, 1.82) is 0 Å². The number of carbonyl (C=O) groups is 1. The number of nitrogens with zero attached hydrogens (tertiary/aromatic N) is 6. The molecule has 184 valence electrons. The van der Waals surface area contributed by atoms with Gasteiger partial charge in [0, 0.05) is 84.6 Å². The number of carbonyl (C=O) groups excluding carboxylic acids is 1. The summed E-state index contributed by atoms with van der Waals surface area (Å²) in [6.07, 6.45) is 7.66. The van der Waals surface area contributed by atoms with E-state index in [1.54, 1.807) is 21.9 Å². The second-order valence-electron chi connectivity index (χ2n) is 9.36. The molecule has 2 saturated heterocycles. The normalized spacial score (nSPS) is 22.1. The van der Waals surface area contributed by atoms with Gasteiger partial charge >= 0.3 is 0 Å². The lowest BCUT2D eigenvalue weighted by Gasteiger charge is -2.39. The Bertz CT molecular complexity index is 861. The highest BCUT2D eigenvalue weighted by Crippen LogP contribution is 2.25. The molecule has 33 heavy (non-hydrogen) atoms. The minimum Gasteiger partial charge on any atom is -0.353 e. The first-order chi connectivity index (χ1) is 15.9. The summed E-state index contributed by atoms with van der Waals surface area (Å²) in [5, 5.41) is 0. The van der Waals surface area contributed by atoms with E-state index in [9.17, 15) is 13.2 Å². The van der Waals surface area contributed by atoms with E-state index in [1.165, 1.54) is 6.42 Å². The van der Waals surface area contributed by atoms with Crippen LogP contribution in [-0.4, -0.2) is 110 Å². The molecule has 1 aromatic rings. The van der Waals surface area contributed by atoms with Crippen molar-refractivity contribution >= 4 is 21.9 Å². The largest absolute Gasteiger partial charge is 0.353 e. The number of pyridine rings is 1. The molecule has 0 aromatic carbocycles. The molecule has 4 rings (SSSR count). The number of hydrogen-bond acceptors (Lipinski definition) is 6.